The highest BCUT2D eigenvalue weighted by molar-refractivity contribution is 5.95. The minimum Gasteiger partial charge on any atom is -0.463 e. The van der Waals surface area contributed by atoms with E-state index >= 15 is 0 Å². The van der Waals surface area contributed by atoms with Gasteiger partial charge in [-0.05, 0) is 0 Å². The summed E-state index contributed by atoms with van der Waals surface area (Å²) in [5.41, 5.74) is 2.56. The second-order valence-electron chi connectivity index (χ2n) is 13.4. The van der Waals surface area contributed by atoms with Gasteiger partial charge in [-0.15, -0.1) is 0 Å². The first-order valence-corrected chi connectivity index (χ1v) is 17.7. The van der Waals surface area contributed by atoms with Gasteiger partial charge in [-0.25, -0.2) is 29.9 Å². The van der Waals surface area contributed by atoms with Crippen LogP contribution in [-0.4, -0.2) is 133 Å². The van der Waals surface area contributed by atoms with Gasteiger partial charge in [-0.2, -0.15) is 0 Å². The van der Waals surface area contributed by atoms with Gasteiger partial charge in [-0.1, -0.05) is 0 Å². The number of imidazole rings is 4. The minimum absolute atomic E-state index is 0.267. The van der Waals surface area contributed by atoms with E-state index in [1.807, 2.05) is 0 Å². The molecule has 6 aromatic rings. The van der Waals surface area contributed by atoms with E-state index < -0.39 is 84.9 Å². The Balaban J connectivity index is 1.17. The number of esters is 6. The molecule has 0 unspecified atom stereocenters. The van der Waals surface area contributed by atoms with Gasteiger partial charge in [0.2, 0.25) is 0 Å². The maximum absolute atomic E-state index is 12.2. The second-order valence-corrected chi connectivity index (χ2v) is 13.4. The number of aromatic nitrogens is 10. The smallest absolute Gasteiger partial charge is 0.303 e. The zero-order chi connectivity index (χ0) is 41.2. The summed E-state index contributed by atoms with van der Waals surface area (Å²) in [5.74, 6) is -3.87. The van der Waals surface area contributed by atoms with Crippen molar-refractivity contribution < 1.29 is 66.7 Å². The largest absolute Gasteiger partial charge is 0.463 e. The van der Waals surface area contributed by atoms with E-state index in [0.29, 0.717) is 28.0 Å². The van der Waals surface area contributed by atoms with E-state index in [0.717, 1.165) is 0 Å². The molecule has 0 N–H and O–H groups in total. The minimum atomic E-state index is -1.17. The Morgan fingerprint density at radius 2 is 0.897 bits per heavy atom. The zero-order valence-electron chi connectivity index (χ0n) is 31.5. The molecule has 2 aliphatic rings. The summed E-state index contributed by atoms with van der Waals surface area (Å²) in [6.45, 7) is 6.62. The number of carbonyl (C=O) groups excluding carboxylic acids is 6. The third kappa shape index (κ3) is 6.63. The van der Waals surface area contributed by atoms with E-state index in [1.54, 1.807) is 8.80 Å². The van der Waals surface area contributed by atoms with Gasteiger partial charge in [0.15, 0.2) is 81.8 Å². The Bertz CT molecular complexity index is 2490. The van der Waals surface area contributed by atoms with Crippen molar-refractivity contribution in [3.63, 3.8) is 0 Å². The second kappa shape index (κ2) is 14.6. The molecule has 58 heavy (non-hydrogen) atoms. The molecule has 0 saturated carbocycles. The van der Waals surface area contributed by atoms with Crippen LogP contribution in [0.4, 0.5) is 0 Å². The number of hydrogen-bond donors (Lipinski definition) is 0. The van der Waals surface area contributed by atoms with Crippen LogP contribution in [0.2, 0.25) is 0 Å². The molecular weight excluding hydrogens is 772 g/mol. The van der Waals surface area contributed by atoms with Crippen molar-refractivity contribution in [2.75, 3.05) is 13.2 Å². The lowest BCUT2D eigenvalue weighted by atomic mass is 10.1. The number of hydrogen-bond acceptors (Lipinski definition) is 20. The maximum atomic E-state index is 12.2. The first-order chi connectivity index (χ1) is 27.7. The predicted octanol–water partition coefficient (Wildman–Crippen LogP) is 0.272. The van der Waals surface area contributed by atoms with Gasteiger partial charge in [0.05, 0.1) is 12.7 Å². The standard InChI is InChI=1S/C34H34N10O14/c1-13(45)51-7-19-23(53-15(3)47)25(55-17(5)49)33(57-19)43-9-35-21-28(43)37-11-41-30(21)39-27-32(41)42-12-38-29-22(31(42)40-27)36-10-44(29)34-26(56-18(6)50)24(54-16(4)48)20(58-34)8-52-14(2)46/h9-12,19-20,23-26,33-34H,7-8H2,1-6H3/t19-,20-,23-,24-,25-,26-,33-,34-/m1/s1. The molecule has 2 fully saturated rings. The molecule has 2 saturated heterocycles. The van der Waals surface area contributed by atoms with E-state index in [4.69, 9.17) is 47.9 Å². The fraction of sp³-hybridized carbons (Fsp3) is 0.471. The Labute approximate surface area is 324 Å². The Morgan fingerprint density at radius 1 is 0.517 bits per heavy atom. The number of nitrogens with zero attached hydrogens (tertiary/aromatic N) is 10. The number of fused-ring (bicyclic) bond motifs is 9. The van der Waals surface area contributed by atoms with Crippen LogP contribution < -0.4 is 0 Å². The Morgan fingerprint density at radius 3 is 1.26 bits per heavy atom. The van der Waals surface area contributed by atoms with Crippen LogP contribution >= 0.6 is 0 Å². The van der Waals surface area contributed by atoms with Gasteiger partial charge in [0.1, 0.15) is 38.1 Å². The molecule has 24 nitrogen and oxygen atoms in total. The fourth-order valence-electron chi connectivity index (χ4n) is 7.23. The van der Waals surface area contributed by atoms with Crippen molar-refractivity contribution in [2.45, 2.75) is 90.6 Å². The normalized spacial score (nSPS) is 24.4. The van der Waals surface area contributed by atoms with Crippen molar-refractivity contribution in [1.29, 1.82) is 0 Å². The Hall–Kier alpha value is -6.82. The third-order valence-electron chi connectivity index (χ3n) is 9.32. The first-order valence-electron chi connectivity index (χ1n) is 17.7. The molecule has 0 aliphatic carbocycles. The molecule has 0 amide bonds. The van der Waals surface area contributed by atoms with E-state index in [9.17, 15) is 28.8 Å². The van der Waals surface area contributed by atoms with Gasteiger partial charge in [-0.3, -0.25) is 46.7 Å². The molecule has 8 atom stereocenters. The highest BCUT2D eigenvalue weighted by Crippen LogP contribution is 2.38. The average molecular weight is 807 g/mol. The summed E-state index contributed by atoms with van der Waals surface area (Å²) in [6.07, 6.45) is -3.03. The van der Waals surface area contributed by atoms with E-state index in [2.05, 4.69) is 19.9 Å². The molecule has 0 aromatic carbocycles. The van der Waals surface area contributed by atoms with Crippen molar-refractivity contribution in [3.05, 3.63) is 25.3 Å². The van der Waals surface area contributed by atoms with Crippen molar-refractivity contribution >= 4 is 80.7 Å². The quantitative estimate of drug-likeness (QED) is 0.133. The molecule has 304 valence electrons. The summed E-state index contributed by atoms with van der Waals surface area (Å²) in [7, 11) is 0. The SMILES string of the molecule is CC(=O)OC[C@H]1O[C@@H](n2cnc3c2ncn2c3nc3nc4c5ncn([C@@H]6O[C@H](COC(C)=O)[C@@H](OC(C)=O)[C@H]6OC(C)=O)c5ncn4c32)[C@H](OC(C)=O)[C@@H]1OC(C)=O. The van der Waals surface area contributed by atoms with Gasteiger partial charge in [0, 0.05) is 41.5 Å². The lowest BCUT2D eigenvalue weighted by molar-refractivity contribution is -0.166. The van der Waals surface area contributed by atoms with Crippen LogP contribution in [0.25, 0.3) is 44.9 Å². The highest BCUT2D eigenvalue weighted by Gasteiger charge is 2.52. The lowest BCUT2D eigenvalue weighted by Crippen LogP contribution is -2.40. The van der Waals surface area contributed by atoms with E-state index in [-0.39, 0.29) is 30.2 Å². The highest BCUT2D eigenvalue weighted by atomic mass is 16.7. The number of carbonyl (C=O) groups is 6. The molecule has 24 heteroatoms. The molecule has 6 aromatic heterocycles. The summed E-state index contributed by atoms with van der Waals surface area (Å²) >= 11 is 0. The monoisotopic (exact) mass is 806 g/mol. The predicted molar refractivity (Wildman–Crippen MR) is 187 cm³/mol. The van der Waals surface area contributed by atoms with Crippen molar-refractivity contribution in [3.8, 4) is 0 Å². The lowest BCUT2D eigenvalue weighted by Gasteiger charge is -2.23. The molecular formula is C34H34N10O14. The molecule has 8 heterocycles. The summed E-state index contributed by atoms with van der Waals surface area (Å²) < 4.78 is 51.1. The van der Waals surface area contributed by atoms with Gasteiger partial charge >= 0.3 is 35.8 Å². The third-order valence-corrected chi connectivity index (χ3v) is 9.32. The molecule has 0 bridgehead atoms. The van der Waals surface area contributed by atoms with E-state index in [1.165, 1.54) is 76.0 Å². The first kappa shape index (κ1) is 38.1. The van der Waals surface area contributed by atoms with Crippen LogP contribution in [0.1, 0.15) is 54.0 Å². The summed E-state index contributed by atoms with van der Waals surface area (Å²) in [4.78, 5) is 99.6. The molecule has 0 spiro atoms. The van der Waals surface area contributed by atoms with Crippen molar-refractivity contribution in [2.24, 2.45) is 0 Å². The molecule has 0 radical (unpaired) electrons. The number of rotatable bonds is 10. The topological polar surface area (TPSA) is 272 Å². The molecule has 2 aliphatic heterocycles. The van der Waals surface area contributed by atoms with Crippen LogP contribution in [0.3, 0.4) is 0 Å². The maximum Gasteiger partial charge on any atom is 0.303 e. The van der Waals surface area contributed by atoms with Gasteiger partial charge < -0.3 is 37.9 Å². The average Bonchev–Trinajstić information content (AvgIpc) is 3.98. The van der Waals surface area contributed by atoms with Crippen LogP contribution in [0.15, 0.2) is 25.3 Å². The Kier molecular flexibility index (Phi) is 9.58. The molecule has 8 rings (SSSR count). The fourth-order valence-corrected chi connectivity index (χ4v) is 7.23. The van der Waals surface area contributed by atoms with Crippen molar-refractivity contribution in [1.82, 2.24) is 47.8 Å². The zero-order valence-corrected chi connectivity index (χ0v) is 31.5. The van der Waals surface area contributed by atoms with Crippen LogP contribution in [0.5, 0.6) is 0 Å². The van der Waals surface area contributed by atoms with Crippen LogP contribution in [-0.2, 0) is 66.7 Å². The van der Waals surface area contributed by atoms with Crippen LogP contribution in [0, 0.1) is 0 Å². The number of ether oxygens (including phenoxy) is 8. The van der Waals surface area contributed by atoms with Gasteiger partial charge in [0.25, 0.3) is 0 Å². The summed E-state index contributed by atoms with van der Waals surface area (Å²) in [5, 5.41) is 0. The summed E-state index contributed by atoms with van der Waals surface area (Å²) in [6, 6.07) is 0.